The Morgan fingerprint density at radius 3 is 2.52 bits per heavy atom. The van der Waals surface area contributed by atoms with Crippen molar-refractivity contribution >= 4 is 37.9 Å². The molecule has 1 amide bonds. The van der Waals surface area contributed by atoms with E-state index in [1.165, 1.54) is 26.3 Å². The summed E-state index contributed by atoms with van der Waals surface area (Å²) >= 11 is 0. The maximum absolute atomic E-state index is 14.0. The van der Waals surface area contributed by atoms with Gasteiger partial charge in [0, 0.05) is 52.3 Å². The lowest BCUT2D eigenvalue weighted by atomic mass is 9.96. The molecule has 0 aliphatic heterocycles. The molecule has 4 aromatic rings. The van der Waals surface area contributed by atoms with Crippen molar-refractivity contribution in [2.75, 3.05) is 24.3 Å². The van der Waals surface area contributed by atoms with Gasteiger partial charge in [-0.05, 0) is 55.2 Å². The highest BCUT2D eigenvalue weighted by molar-refractivity contribution is 7.31. The van der Waals surface area contributed by atoms with E-state index >= 15 is 0 Å². The molecule has 0 spiro atoms. The van der Waals surface area contributed by atoms with E-state index in [0.717, 1.165) is 41.9 Å². The second-order valence-electron chi connectivity index (χ2n) is 10.5. The fourth-order valence-corrected chi connectivity index (χ4v) is 5.84. The number of carbonyl (C=O) groups excluding carboxylic acids is 1. The van der Waals surface area contributed by atoms with Crippen LogP contribution in [0.2, 0.25) is 0 Å². The first-order chi connectivity index (χ1) is 21.2. The SMILES string of the molecule is CCOPCc1ccc(Nc2ncc(C(F)(F)F)c(Nc3ccc(-c4cnn(C5CCCCC5)c4)cc3C(=O)NC)n2)cc1. The highest BCUT2D eigenvalue weighted by Gasteiger charge is 2.35. The van der Waals surface area contributed by atoms with Crippen LogP contribution in [0.5, 0.6) is 0 Å². The molecule has 1 fully saturated rings. The lowest BCUT2D eigenvalue weighted by molar-refractivity contribution is -0.137. The van der Waals surface area contributed by atoms with Gasteiger partial charge in [-0.1, -0.05) is 37.5 Å². The van der Waals surface area contributed by atoms with Crippen molar-refractivity contribution in [1.82, 2.24) is 25.1 Å². The number of amides is 1. The third-order valence-electron chi connectivity index (χ3n) is 7.45. The summed E-state index contributed by atoms with van der Waals surface area (Å²) in [7, 11) is 1.82. The van der Waals surface area contributed by atoms with Crippen LogP contribution in [0, 0.1) is 0 Å². The molecule has 1 saturated carbocycles. The minimum atomic E-state index is -4.73. The molecule has 5 rings (SSSR count). The molecule has 13 heteroatoms. The number of hydrogen-bond donors (Lipinski definition) is 3. The van der Waals surface area contributed by atoms with Gasteiger partial charge < -0.3 is 20.5 Å². The number of aromatic nitrogens is 4. The molecule has 1 aliphatic rings. The number of benzene rings is 2. The number of nitrogens with zero attached hydrogens (tertiary/aromatic N) is 4. The van der Waals surface area contributed by atoms with Crippen LogP contribution in [-0.2, 0) is 16.9 Å². The smallest absolute Gasteiger partial charge is 0.362 e. The Morgan fingerprint density at radius 2 is 1.82 bits per heavy atom. The summed E-state index contributed by atoms with van der Waals surface area (Å²) in [5.41, 5.74) is 2.51. The van der Waals surface area contributed by atoms with Gasteiger partial charge in [-0.25, -0.2) is 4.98 Å². The zero-order chi connectivity index (χ0) is 31.1. The highest BCUT2D eigenvalue weighted by Crippen LogP contribution is 2.37. The molecule has 2 heterocycles. The Labute approximate surface area is 255 Å². The van der Waals surface area contributed by atoms with Gasteiger partial charge in [-0.2, -0.15) is 23.3 Å². The van der Waals surface area contributed by atoms with Gasteiger partial charge in [-0.15, -0.1) is 0 Å². The van der Waals surface area contributed by atoms with Crippen molar-refractivity contribution in [2.24, 2.45) is 0 Å². The summed E-state index contributed by atoms with van der Waals surface area (Å²) in [5, 5.41) is 12.9. The monoisotopic (exact) mass is 625 g/mol. The van der Waals surface area contributed by atoms with Crippen LogP contribution in [0.25, 0.3) is 11.1 Å². The van der Waals surface area contributed by atoms with E-state index < -0.39 is 23.5 Å². The van der Waals surface area contributed by atoms with Crippen LogP contribution in [0.4, 0.5) is 36.3 Å². The summed E-state index contributed by atoms with van der Waals surface area (Å²) < 4.78 is 49.4. The van der Waals surface area contributed by atoms with Gasteiger partial charge in [0.05, 0.1) is 23.5 Å². The minimum absolute atomic E-state index is 0.0299. The fraction of sp³-hybridized carbons (Fsp3) is 0.355. The van der Waals surface area contributed by atoms with Gasteiger partial charge >= 0.3 is 6.18 Å². The van der Waals surface area contributed by atoms with Crippen LogP contribution in [0.1, 0.15) is 66.6 Å². The molecule has 44 heavy (non-hydrogen) atoms. The van der Waals surface area contributed by atoms with Crippen molar-refractivity contribution in [2.45, 2.75) is 57.4 Å². The summed E-state index contributed by atoms with van der Waals surface area (Å²) in [4.78, 5) is 21.0. The van der Waals surface area contributed by atoms with Crippen molar-refractivity contribution in [3.63, 3.8) is 0 Å². The third kappa shape index (κ3) is 7.73. The maximum Gasteiger partial charge on any atom is 0.421 e. The van der Waals surface area contributed by atoms with Crippen LogP contribution >= 0.6 is 8.81 Å². The van der Waals surface area contributed by atoms with Crippen LogP contribution < -0.4 is 16.0 Å². The zero-order valence-corrected chi connectivity index (χ0v) is 25.5. The van der Waals surface area contributed by atoms with Crippen LogP contribution in [-0.4, -0.2) is 39.3 Å². The Bertz CT molecular complexity index is 1570. The lowest BCUT2D eigenvalue weighted by Gasteiger charge is -2.21. The van der Waals surface area contributed by atoms with E-state index in [4.69, 9.17) is 4.52 Å². The molecule has 9 nitrogen and oxygen atoms in total. The first-order valence-electron chi connectivity index (χ1n) is 14.6. The molecule has 0 bridgehead atoms. The van der Waals surface area contributed by atoms with Gasteiger partial charge in [-0.3, -0.25) is 9.48 Å². The van der Waals surface area contributed by atoms with E-state index in [-0.39, 0.29) is 17.2 Å². The van der Waals surface area contributed by atoms with Crippen LogP contribution in [0.15, 0.2) is 61.1 Å². The molecule has 3 N–H and O–H groups in total. The number of hydrogen-bond acceptors (Lipinski definition) is 7. The second-order valence-corrected chi connectivity index (χ2v) is 11.4. The number of anilines is 4. The predicted octanol–water partition coefficient (Wildman–Crippen LogP) is 7.84. The maximum atomic E-state index is 14.0. The average molecular weight is 626 g/mol. The van der Waals surface area contributed by atoms with E-state index in [0.29, 0.717) is 27.1 Å². The summed E-state index contributed by atoms with van der Waals surface area (Å²) in [6.45, 7) is 2.59. The molecular weight excluding hydrogens is 590 g/mol. The van der Waals surface area contributed by atoms with E-state index in [2.05, 4.69) is 31.0 Å². The average Bonchev–Trinajstić information content (AvgIpc) is 3.52. The molecular formula is C31H35F3N7O2P. The lowest BCUT2D eigenvalue weighted by Crippen LogP contribution is -2.20. The van der Waals surface area contributed by atoms with Gasteiger partial charge in [0.15, 0.2) is 0 Å². The number of rotatable bonds is 11. The molecule has 1 atom stereocenters. The molecule has 0 saturated heterocycles. The quantitative estimate of drug-likeness (QED) is 0.115. The normalized spacial score (nSPS) is 14.2. The first kappa shape index (κ1) is 31.4. The molecule has 2 aromatic carbocycles. The third-order valence-corrected chi connectivity index (χ3v) is 8.50. The Hall–Kier alpha value is -4.02. The Morgan fingerprint density at radius 1 is 1.05 bits per heavy atom. The summed E-state index contributed by atoms with van der Waals surface area (Å²) in [5.74, 6) is -0.967. The predicted molar refractivity (Wildman–Crippen MR) is 167 cm³/mol. The number of halogens is 3. The largest absolute Gasteiger partial charge is 0.421 e. The summed E-state index contributed by atoms with van der Waals surface area (Å²) in [6.07, 6.45) is 6.20. The molecule has 2 aromatic heterocycles. The van der Waals surface area contributed by atoms with Gasteiger partial charge in [0.2, 0.25) is 5.95 Å². The second kappa shape index (κ2) is 14.2. The van der Waals surface area contributed by atoms with Gasteiger partial charge in [0.1, 0.15) is 11.4 Å². The van der Waals surface area contributed by atoms with Crippen molar-refractivity contribution in [3.8, 4) is 11.1 Å². The number of nitrogens with one attached hydrogen (secondary N) is 3. The molecule has 0 radical (unpaired) electrons. The standard InChI is InChI=1S/C31H35F3N7O2P/c1-3-43-44-19-20-9-12-23(13-10-20)38-30-36-17-26(31(32,33)34)28(40-30)39-27-14-11-21(15-25(27)29(42)35-2)22-16-37-41(18-22)24-7-5-4-6-8-24/h9-18,24,44H,3-8,19H2,1-2H3,(H,35,42)(H2,36,38,39,40). The van der Waals surface area contributed by atoms with Crippen molar-refractivity contribution in [1.29, 1.82) is 0 Å². The van der Waals surface area contributed by atoms with Crippen molar-refractivity contribution in [3.05, 3.63) is 77.7 Å². The first-order valence-corrected chi connectivity index (χ1v) is 15.7. The number of alkyl halides is 3. The molecule has 232 valence electrons. The van der Waals surface area contributed by atoms with Crippen molar-refractivity contribution < 1.29 is 22.5 Å². The van der Waals surface area contributed by atoms with E-state index in [9.17, 15) is 18.0 Å². The Balaban J connectivity index is 1.41. The highest BCUT2D eigenvalue weighted by atomic mass is 31.1. The van der Waals surface area contributed by atoms with Crippen LogP contribution in [0.3, 0.4) is 0 Å². The van der Waals surface area contributed by atoms with E-state index in [1.807, 2.05) is 29.9 Å². The summed E-state index contributed by atoms with van der Waals surface area (Å²) in [6, 6.07) is 12.7. The Kier molecular flexibility index (Phi) is 10.1. The topological polar surface area (TPSA) is 106 Å². The molecule has 1 unspecified atom stereocenters. The zero-order valence-electron chi connectivity index (χ0n) is 24.5. The fourth-order valence-electron chi connectivity index (χ4n) is 5.13. The molecule has 1 aliphatic carbocycles. The minimum Gasteiger partial charge on any atom is -0.362 e. The van der Waals surface area contributed by atoms with E-state index in [1.54, 1.807) is 36.5 Å². The van der Waals surface area contributed by atoms with Gasteiger partial charge in [0.25, 0.3) is 5.91 Å². The number of carbonyl (C=O) groups is 1.